The zero-order valence-electron chi connectivity index (χ0n) is 16.9. The number of carbonyl (C=O) groups excluding carboxylic acids is 1. The molecule has 0 atom stereocenters. The number of hydrogen-bond donors (Lipinski definition) is 1. The van der Waals surface area contributed by atoms with Crippen molar-refractivity contribution in [3.63, 3.8) is 0 Å². The van der Waals surface area contributed by atoms with Crippen molar-refractivity contribution in [1.82, 2.24) is 0 Å². The van der Waals surface area contributed by atoms with Crippen LogP contribution in [0.3, 0.4) is 0 Å². The predicted octanol–water partition coefficient (Wildman–Crippen LogP) is 5.40. The van der Waals surface area contributed by atoms with Crippen LogP contribution in [0.5, 0.6) is 17.2 Å². The summed E-state index contributed by atoms with van der Waals surface area (Å²) in [5, 5.41) is 4.79. The molecule has 0 spiro atoms. The van der Waals surface area contributed by atoms with Crippen molar-refractivity contribution in [2.45, 2.75) is 13.8 Å². The zero-order chi connectivity index (χ0) is 20.9. The van der Waals surface area contributed by atoms with E-state index in [1.807, 2.05) is 50.2 Å². The lowest BCUT2D eigenvalue weighted by molar-refractivity contribution is -0.118. The van der Waals surface area contributed by atoms with Gasteiger partial charge in [-0.05, 0) is 50.2 Å². The topological polar surface area (TPSA) is 69.9 Å². The maximum atomic E-state index is 12.4. The summed E-state index contributed by atoms with van der Waals surface area (Å²) in [5.41, 5.74) is 2.22. The number of anilines is 1. The zero-order valence-corrected chi connectivity index (χ0v) is 16.9. The van der Waals surface area contributed by atoms with Crippen molar-refractivity contribution in [2.75, 3.05) is 25.1 Å². The fourth-order valence-electron chi connectivity index (χ4n) is 3.27. The molecule has 4 aromatic rings. The van der Waals surface area contributed by atoms with E-state index in [1.165, 1.54) is 0 Å². The van der Waals surface area contributed by atoms with E-state index < -0.39 is 0 Å². The molecule has 0 saturated heterocycles. The van der Waals surface area contributed by atoms with Gasteiger partial charge in [-0.15, -0.1) is 0 Å². The van der Waals surface area contributed by atoms with E-state index in [0.717, 1.165) is 21.9 Å². The van der Waals surface area contributed by atoms with Crippen molar-refractivity contribution >= 4 is 33.5 Å². The Labute approximate surface area is 174 Å². The molecule has 0 aliphatic rings. The second-order valence-corrected chi connectivity index (χ2v) is 6.62. The maximum absolute atomic E-state index is 12.4. The third-order valence-corrected chi connectivity index (χ3v) is 4.55. The molecule has 1 heterocycles. The summed E-state index contributed by atoms with van der Waals surface area (Å²) in [6.45, 7) is 4.74. The molecule has 0 aliphatic carbocycles. The average molecular weight is 405 g/mol. The van der Waals surface area contributed by atoms with Crippen molar-refractivity contribution in [1.29, 1.82) is 0 Å². The minimum Gasteiger partial charge on any atom is -0.490 e. The lowest BCUT2D eigenvalue weighted by atomic mass is 10.1. The number of nitrogens with one attached hydrogen (secondary N) is 1. The Hall–Kier alpha value is -3.67. The first kappa shape index (κ1) is 19.6. The maximum Gasteiger partial charge on any atom is 0.262 e. The molecule has 6 nitrogen and oxygen atoms in total. The highest BCUT2D eigenvalue weighted by Gasteiger charge is 2.11. The quantitative estimate of drug-likeness (QED) is 0.425. The van der Waals surface area contributed by atoms with Crippen molar-refractivity contribution in [3.05, 3.63) is 60.7 Å². The number of ether oxygens (including phenoxy) is 3. The smallest absolute Gasteiger partial charge is 0.262 e. The Morgan fingerprint density at radius 3 is 2.43 bits per heavy atom. The molecular weight excluding hydrogens is 382 g/mol. The molecule has 0 saturated carbocycles. The molecule has 154 valence electrons. The van der Waals surface area contributed by atoms with Gasteiger partial charge in [-0.2, -0.15) is 0 Å². The van der Waals surface area contributed by atoms with E-state index in [9.17, 15) is 4.79 Å². The lowest BCUT2D eigenvalue weighted by Crippen LogP contribution is -2.20. The molecule has 0 unspecified atom stereocenters. The fourth-order valence-corrected chi connectivity index (χ4v) is 3.27. The summed E-state index contributed by atoms with van der Waals surface area (Å²) in [6, 6.07) is 18.7. The normalized spacial score (nSPS) is 10.9. The van der Waals surface area contributed by atoms with Crippen LogP contribution in [0.25, 0.3) is 21.9 Å². The third-order valence-electron chi connectivity index (χ3n) is 4.55. The van der Waals surface area contributed by atoms with Gasteiger partial charge in [-0.3, -0.25) is 4.79 Å². The molecule has 4 rings (SSSR count). The van der Waals surface area contributed by atoms with Gasteiger partial charge < -0.3 is 23.9 Å². The molecule has 1 aromatic heterocycles. The van der Waals surface area contributed by atoms with Crippen molar-refractivity contribution in [3.8, 4) is 17.2 Å². The van der Waals surface area contributed by atoms with Crippen LogP contribution in [-0.4, -0.2) is 25.7 Å². The Kier molecular flexibility index (Phi) is 5.75. The highest BCUT2D eigenvalue weighted by Crippen LogP contribution is 2.32. The van der Waals surface area contributed by atoms with E-state index in [2.05, 4.69) is 5.32 Å². The Bertz CT molecular complexity index is 1180. The van der Waals surface area contributed by atoms with Gasteiger partial charge in [0.05, 0.1) is 13.2 Å². The number of hydrogen-bond acceptors (Lipinski definition) is 5. The summed E-state index contributed by atoms with van der Waals surface area (Å²) in [6.07, 6.45) is 0. The molecule has 0 fully saturated rings. The minimum atomic E-state index is -0.265. The lowest BCUT2D eigenvalue weighted by Gasteiger charge is -2.13. The molecule has 3 aromatic carbocycles. The van der Waals surface area contributed by atoms with Crippen LogP contribution >= 0.6 is 0 Å². The minimum absolute atomic E-state index is 0.113. The predicted molar refractivity (Wildman–Crippen MR) is 117 cm³/mol. The monoisotopic (exact) mass is 405 g/mol. The van der Waals surface area contributed by atoms with E-state index in [-0.39, 0.29) is 12.5 Å². The van der Waals surface area contributed by atoms with E-state index >= 15 is 0 Å². The van der Waals surface area contributed by atoms with Crippen LogP contribution in [0, 0.1) is 0 Å². The van der Waals surface area contributed by atoms with Gasteiger partial charge in [-0.1, -0.05) is 18.2 Å². The highest BCUT2D eigenvalue weighted by molar-refractivity contribution is 6.05. The van der Waals surface area contributed by atoms with Gasteiger partial charge in [0.15, 0.2) is 18.1 Å². The van der Waals surface area contributed by atoms with Gasteiger partial charge in [0.1, 0.15) is 16.9 Å². The third kappa shape index (κ3) is 4.17. The molecule has 30 heavy (non-hydrogen) atoms. The van der Waals surface area contributed by atoms with E-state index in [4.69, 9.17) is 18.6 Å². The molecular formula is C24H23NO5. The van der Waals surface area contributed by atoms with E-state index in [0.29, 0.717) is 36.1 Å². The summed E-state index contributed by atoms with van der Waals surface area (Å²) >= 11 is 0. The summed E-state index contributed by atoms with van der Waals surface area (Å²) < 4.78 is 22.6. The van der Waals surface area contributed by atoms with Gasteiger partial charge in [0, 0.05) is 22.5 Å². The van der Waals surface area contributed by atoms with Gasteiger partial charge in [-0.25, -0.2) is 0 Å². The van der Waals surface area contributed by atoms with Crippen LogP contribution in [0.2, 0.25) is 0 Å². The Balaban J connectivity index is 1.43. The number of rotatable bonds is 8. The summed E-state index contributed by atoms with van der Waals surface area (Å²) in [4.78, 5) is 12.4. The number of para-hydroxylation sites is 1. The molecule has 0 radical (unpaired) electrons. The van der Waals surface area contributed by atoms with Crippen LogP contribution in [-0.2, 0) is 4.79 Å². The van der Waals surface area contributed by atoms with Crippen molar-refractivity contribution < 1.29 is 23.4 Å². The first-order valence-corrected chi connectivity index (χ1v) is 9.91. The average Bonchev–Trinajstić information content (AvgIpc) is 3.12. The first-order chi connectivity index (χ1) is 14.7. The van der Waals surface area contributed by atoms with E-state index in [1.54, 1.807) is 24.3 Å². The van der Waals surface area contributed by atoms with Crippen LogP contribution in [0.15, 0.2) is 65.1 Å². The molecule has 0 bridgehead atoms. The SMILES string of the molecule is CCOc1ccc(NC(=O)COc2ccc3oc4ccccc4c3c2)cc1OCC. The Morgan fingerprint density at radius 1 is 0.833 bits per heavy atom. The number of amides is 1. The largest absolute Gasteiger partial charge is 0.490 e. The fraction of sp³-hybridized carbons (Fsp3) is 0.208. The molecule has 0 aliphatic heterocycles. The van der Waals surface area contributed by atoms with Crippen LogP contribution in [0.4, 0.5) is 5.69 Å². The summed E-state index contributed by atoms with van der Waals surface area (Å²) in [7, 11) is 0. The van der Waals surface area contributed by atoms with Crippen LogP contribution < -0.4 is 19.5 Å². The highest BCUT2D eigenvalue weighted by atomic mass is 16.5. The molecule has 1 N–H and O–H groups in total. The molecule has 6 heteroatoms. The van der Waals surface area contributed by atoms with Gasteiger partial charge in [0.25, 0.3) is 5.91 Å². The first-order valence-electron chi connectivity index (χ1n) is 9.91. The van der Waals surface area contributed by atoms with Crippen molar-refractivity contribution in [2.24, 2.45) is 0 Å². The van der Waals surface area contributed by atoms with Gasteiger partial charge in [0.2, 0.25) is 0 Å². The summed E-state index contributed by atoms with van der Waals surface area (Å²) in [5.74, 6) is 1.58. The second kappa shape index (κ2) is 8.78. The standard InChI is InChI=1S/C24H23NO5/c1-3-27-22-11-9-16(13-23(22)28-4-2)25-24(26)15-29-17-10-12-21-19(14-17)18-7-5-6-8-20(18)30-21/h5-14H,3-4,15H2,1-2H3,(H,25,26). The molecule has 1 amide bonds. The second-order valence-electron chi connectivity index (χ2n) is 6.62. The van der Waals surface area contributed by atoms with Crippen LogP contribution in [0.1, 0.15) is 13.8 Å². The van der Waals surface area contributed by atoms with Gasteiger partial charge >= 0.3 is 0 Å². The number of benzene rings is 3. The Morgan fingerprint density at radius 2 is 1.60 bits per heavy atom. The number of fused-ring (bicyclic) bond motifs is 3. The number of carbonyl (C=O) groups is 1. The number of furan rings is 1.